The number of aromatic nitrogens is 2. The molecule has 2 heterocycles. The van der Waals surface area contributed by atoms with Crippen LogP contribution in [0.25, 0.3) is 0 Å². The van der Waals surface area contributed by atoms with Gasteiger partial charge in [-0.1, -0.05) is 36.8 Å². The Morgan fingerprint density at radius 1 is 1.12 bits per heavy atom. The van der Waals surface area contributed by atoms with Crippen molar-refractivity contribution in [3.05, 3.63) is 53.0 Å². The Balaban J connectivity index is 1.69. The summed E-state index contributed by atoms with van der Waals surface area (Å²) in [5.41, 5.74) is 3.36. The average Bonchev–Trinajstić information content (AvgIpc) is 2.56. The maximum Gasteiger partial charge on any atom is 0.242 e. The van der Waals surface area contributed by atoms with Crippen LogP contribution >= 0.6 is 0 Å². The lowest BCUT2D eigenvalue weighted by Gasteiger charge is -2.35. The van der Waals surface area contributed by atoms with Gasteiger partial charge in [-0.2, -0.15) is 0 Å². The molecule has 1 aliphatic heterocycles. The van der Waals surface area contributed by atoms with Crippen molar-refractivity contribution in [2.75, 3.05) is 24.5 Å². The lowest BCUT2D eigenvalue weighted by Crippen LogP contribution is -2.50. The minimum absolute atomic E-state index is 0.150. The van der Waals surface area contributed by atoms with Gasteiger partial charge in [-0.05, 0) is 19.4 Å². The van der Waals surface area contributed by atoms with Gasteiger partial charge >= 0.3 is 0 Å². The van der Waals surface area contributed by atoms with Crippen molar-refractivity contribution < 1.29 is 4.79 Å². The van der Waals surface area contributed by atoms with E-state index < -0.39 is 0 Å². The largest absolute Gasteiger partial charge is 0.345 e. The van der Waals surface area contributed by atoms with E-state index in [0.29, 0.717) is 13.1 Å². The van der Waals surface area contributed by atoms with Gasteiger partial charge in [-0.15, -0.1) is 0 Å². The Hall–Kier alpha value is -2.43. The maximum absolute atomic E-state index is 12.5. The molecule has 2 aromatic rings. The Labute approximate surface area is 143 Å². The highest BCUT2D eigenvalue weighted by atomic mass is 16.2. The van der Waals surface area contributed by atoms with Crippen LogP contribution in [0.1, 0.15) is 29.6 Å². The molecule has 0 unspecified atom stereocenters. The molecule has 1 amide bonds. The third kappa shape index (κ3) is 3.72. The predicted molar refractivity (Wildman–Crippen MR) is 95.0 cm³/mol. The second kappa shape index (κ2) is 6.99. The Morgan fingerprint density at radius 3 is 2.67 bits per heavy atom. The Kier molecular flexibility index (Phi) is 4.79. The molecule has 0 spiro atoms. The van der Waals surface area contributed by atoms with Crippen molar-refractivity contribution in [3.63, 3.8) is 0 Å². The van der Waals surface area contributed by atoms with Crippen LogP contribution in [0, 0.1) is 13.8 Å². The summed E-state index contributed by atoms with van der Waals surface area (Å²) >= 11 is 0. The summed E-state index contributed by atoms with van der Waals surface area (Å²) in [6, 6.07) is 10.3. The molecule has 0 N–H and O–H groups in total. The lowest BCUT2D eigenvalue weighted by molar-refractivity contribution is -0.131. The SMILES string of the molecule is CCc1nc(C)cc(N2CCN(Cc3cccc(C)c3)C(=O)C2)n1. The molecule has 0 radical (unpaired) electrons. The van der Waals surface area contributed by atoms with E-state index in [4.69, 9.17) is 0 Å². The van der Waals surface area contributed by atoms with Gasteiger partial charge in [0.15, 0.2) is 0 Å². The molecule has 0 aliphatic carbocycles. The number of nitrogens with zero attached hydrogens (tertiary/aromatic N) is 4. The van der Waals surface area contributed by atoms with Crippen LogP contribution in [0.3, 0.4) is 0 Å². The second-order valence-electron chi connectivity index (χ2n) is 6.36. The molecule has 0 atom stereocenters. The van der Waals surface area contributed by atoms with E-state index in [-0.39, 0.29) is 5.91 Å². The number of carbonyl (C=O) groups is 1. The van der Waals surface area contributed by atoms with E-state index in [1.165, 1.54) is 11.1 Å². The number of hydrogen-bond acceptors (Lipinski definition) is 4. The number of carbonyl (C=O) groups excluding carboxylic acids is 1. The highest BCUT2D eigenvalue weighted by Crippen LogP contribution is 2.17. The predicted octanol–water partition coefficient (Wildman–Crippen LogP) is 2.50. The van der Waals surface area contributed by atoms with Crippen LogP contribution in [-0.4, -0.2) is 40.4 Å². The first kappa shape index (κ1) is 16.4. The Morgan fingerprint density at radius 2 is 1.96 bits per heavy atom. The van der Waals surface area contributed by atoms with Crippen molar-refractivity contribution in [2.45, 2.75) is 33.7 Å². The summed E-state index contributed by atoms with van der Waals surface area (Å²) in [5.74, 6) is 1.85. The molecule has 1 aliphatic rings. The summed E-state index contributed by atoms with van der Waals surface area (Å²) in [6.45, 7) is 8.67. The number of piperazine rings is 1. The number of rotatable bonds is 4. The van der Waals surface area contributed by atoms with Crippen molar-refractivity contribution >= 4 is 11.7 Å². The molecule has 0 bridgehead atoms. The normalized spacial score (nSPS) is 15.0. The smallest absolute Gasteiger partial charge is 0.242 e. The Bertz CT molecular complexity index is 744. The maximum atomic E-state index is 12.5. The minimum Gasteiger partial charge on any atom is -0.345 e. The first-order valence-corrected chi connectivity index (χ1v) is 8.48. The van der Waals surface area contributed by atoms with E-state index >= 15 is 0 Å². The van der Waals surface area contributed by atoms with E-state index in [1.807, 2.05) is 30.9 Å². The molecule has 0 saturated carbocycles. The molecule has 126 valence electrons. The quantitative estimate of drug-likeness (QED) is 0.867. The highest BCUT2D eigenvalue weighted by molar-refractivity contribution is 5.82. The van der Waals surface area contributed by atoms with Gasteiger partial charge in [-0.25, -0.2) is 9.97 Å². The molecule has 3 rings (SSSR count). The zero-order chi connectivity index (χ0) is 17.1. The summed E-state index contributed by atoms with van der Waals surface area (Å²) in [7, 11) is 0. The number of aryl methyl sites for hydroxylation is 3. The van der Waals surface area contributed by atoms with E-state index in [1.54, 1.807) is 0 Å². The van der Waals surface area contributed by atoms with Gasteiger partial charge in [0.1, 0.15) is 11.6 Å². The van der Waals surface area contributed by atoms with Crippen molar-refractivity contribution in [1.29, 1.82) is 0 Å². The van der Waals surface area contributed by atoms with Crippen LogP contribution in [-0.2, 0) is 17.8 Å². The molecule has 1 aromatic carbocycles. The third-order valence-electron chi connectivity index (χ3n) is 4.30. The number of benzene rings is 1. The van der Waals surface area contributed by atoms with Gasteiger partial charge < -0.3 is 9.80 Å². The molecule has 1 aromatic heterocycles. The first-order valence-electron chi connectivity index (χ1n) is 8.48. The summed E-state index contributed by atoms with van der Waals surface area (Å²) in [5, 5.41) is 0. The third-order valence-corrected chi connectivity index (χ3v) is 4.30. The summed E-state index contributed by atoms with van der Waals surface area (Å²) in [4.78, 5) is 25.5. The average molecular weight is 324 g/mol. The van der Waals surface area contributed by atoms with Crippen molar-refractivity contribution in [3.8, 4) is 0 Å². The van der Waals surface area contributed by atoms with Crippen molar-refractivity contribution in [1.82, 2.24) is 14.9 Å². The monoisotopic (exact) mass is 324 g/mol. The topological polar surface area (TPSA) is 49.3 Å². The van der Waals surface area contributed by atoms with Crippen LogP contribution in [0.15, 0.2) is 30.3 Å². The number of hydrogen-bond donors (Lipinski definition) is 0. The van der Waals surface area contributed by atoms with E-state index in [0.717, 1.165) is 36.8 Å². The second-order valence-corrected chi connectivity index (χ2v) is 6.36. The zero-order valence-electron chi connectivity index (χ0n) is 14.6. The standard InChI is InChI=1S/C19H24N4O/c1-4-17-20-15(3)11-18(21-17)22-8-9-23(19(24)13-22)12-16-7-5-6-14(2)10-16/h5-7,10-11H,4,8-9,12-13H2,1-3H3. The molecule has 1 fully saturated rings. The van der Waals surface area contributed by atoms with Gasteiger partial charge in [0, 0.05) is 37.8 Å². The number of anilines is 1. The first-order chi connectivity index (χ1) is 11.5. The van der Waals surface area contributed by atoms with Crippen LogP contribution < -0.4 is 4.90 Å². The van der Waals surface area contributed by atoms with Gasteiger partial charge in [-0.3, -0.25) is 4.79 Å². The van der Waals surface area contributed by atoms with Crippen molar-refractivity contribution in [2.24, 2.45) is 0 Å². The minimum atomic E-state index is 0.150. The highest BCUT2D eigenvalue weighted by Gasteiger charge is 2.25. The van der Waals surface area contributed by atoms with E-state index in [2.05, 4.69) is 40.0 Å². The molecule has 1 saturated heterocycles. The molecule has 5 nitrogen and oxygen atoms in total. The molecular formula is C19H24N4O. The molecular weight excluding hydrogens is 300 g/mol. The lowest BCUT2D eigenvalue weighted by atomic mass is 10.1. The fourth-order valence-corrected chi connectivity index (χ4v) is 3.03. The van der Waals surface area contributed by atoms with Gasteiger partial charge in [0.2, 0.25) is 5.91 Å². The van der Waals surface area contributed by atoms with Crippen LogP contribution in [0.2, 0.25) is 0 Å². The zero-order valence-corrected chi connectivity index (χ0v) is 14.6. The molecule has 24 heavy (non-hydrogen) atoms. The van der Waals surface area contributed by atoms with E-state index in [9.17, 15) is 4.79 Å². The van der Waals surface area contributed by atoms with Crippen LogP contribution in [0.4, 0.5) is 5.82 Å². The summed E-state index contributed by atoms with van der Waals surface area (Å²) < 4.78 is 0. The van der Waals surface area contributed by atoms with Gasteiger partial charge in [0.25, 0.3) is 0 Å². The van der Waals surface area contributed by atoms with Crippen LogP contribution in [0.5, 0.6) is 0 Å². The molecule has 5 heteroatoms. The fourth-order valence-electron chi connectivity index (χ4n) is 3.03. The van der Waals surface area contributed by atoms with Gasteiger partial charge in [0.05, 0.1) is 6.54 Å². The number of amides is 1. The summed E-state index contributed by atoms with van der Waals surface area (Å²) in [6.07, 6.45) is 0.802. The fraction of sp³-hybridized carbons (Fsp3) is 0.421.